The number of hydrogen-bond acceptors (Lipinski definition) is 2. The van der Waals surface area contributed by atoms with Crippen LogP contribution in [0.25, 0.3) is 0 Å². The van der Waals surface area contributed by atoms with E-state index in [-0.39, 0.29) is 5.91 Å². The summed E-state index contributed by atoms with van der Waals surface area (Å²) < 4.78 is 0. The molecule has 1 aliphatic rings. The summed E-state index contributed by atoms with van der Waals surface area (Å²) in [6.45, 7) is 6.70. The fourth-order valence-corrected chi connectivity index (χ4v) is 2.23. The van der Waals surface area contributed by atoms with E-state index in [4.69, 9.17) is 0 Å². The second kappa shape index (κ2) is 7.66. The minimum absolute atomic E-state index is 0.145. The molecule has 0 saturated heterocycles. The van der Waals surface area contributed by atoms with Gasteiger partial charge in [-0.1, -0.05) is 26.7 Å². The first-order valence-corrected chi connectivity index (χ1v) is 6.69. The Morgan fingerprint density at radius 1 is 1.25 bits per heavy atom. The van der Waals surface area contributed by atoms with Crippen molar-refractivity contribution in [3.05, 3.63) is 0 Å². The smallest absolute Gasteiger partial charge is 0.233 e. The van der Waals surface area contributed by atoms with Crippen LogP contribution in [0, 0.1) is 11.8 Å². The quantitative estimate of drug-likeness (QED) is 0.679. The third kappa shape index (κ3) is 5.50. The minimum atomic E-state index is 0.145. The summed E-state index contributed by atoms with van der Waals surface area (Å²) in [6.07, 6.45) is 6.30. The van der Waals surface area contributed by atoms with E-state index in [0.29, 0.717) is 12.5 Å². The van der Waals surface area contributed by atoms with Gasteiger partial charge in [-0.2, -0.15) is 0 Å². The standard InChI is InChI=1S/C13H26N2O/c1-3-8-14-10-13(16)15-9-12-6-4-11(2)5-7-12/h11-12,14H,3-10H2,1-2H3,(H,15,16). The van der Waals surface area contributed by atoms with E-state index >= 15 is 0 Å². The normalized spacial score (nSPS) is 25.4. The molecule has 0 spiro atoms. The van der Waals surface area contributed by atoms with Crippen molar-refractivity contribution in [3.8, 4) is 0 Å². The van der Waals surface area contributed by atoms with Crippen molar-refractivity contribution in [2.24, 2.45) is 11.8 Å². The van der Waals surface area contributed by atoms with Crippen molar-refractivity contribution in [2.45, 2.75) is 46.0 Å². The Labute approximate surface area is 99.4 Å². The molecule has 3 heteroatoms. The molecule has 0 aliphatic heterocycles. The molecule has 1 saturated carbocycles. The van der Waals surface area contributed by atoms with Crippen molar-refractivity contribution in [1.29, 1.82) is 0 Å². The molecule has 0 radical (unpaired) electrons. The third-order valence-electron chi connectivity index (χ3n) is 3.44. The molecule has 0 heterocycles. The lowest BCUT2D eigenvalue weighted by Crippen LogP contribution is -2.37. The minimum Gasteiger partial charge on any atom is -0.355 e. The largest absolute Gasteiger partial charge is 0.355 e. The highest BCUT2D eigenvalue weighted by molar-refractivity contribution is 5.77. The van der Waals surface area contributed by atoms with E-state index < -0.39 is 0 Å². The van der Waals surface area contributed by atoms with Gasteiger partial charge in [-0.05, 0) is 37.6 Å². The summed E-state index contributed by atoms with van der Waals surface area (Å²) >= 11 is 0. The van der Waals surface area contributed by atoms with Gasteiger partial charge in [-0.25, -0.2) is 0 Å². The number of hydrogen-bond donors (Lipinski definition) is 2. The van der Waals surface area contributed by atoms with Gasteiger partial charge in [0.05, 0.1) is 6.54 Å². The molecule has 0 unspecified atom stereocenters. The highest BCUT2D eigenvalue weighted by atomic mass is 16.1. The van der Waals surface area contributed by atoms with Gasteiger partial charge in [-0.15, -0.1) is 0 Å². The zero-order valence-corrected chi connectivity index (χ0v) is 10.7. The topological polar surface area (TPSA) is 41.1 Å². The molecule has 1 rings (SSSR count). The van der Waals surface area contributed by atoms with Gasteiger partial charge in [-0.3, -0.25) is 4.79 Å². The van der Waals surface area contributed by atoms with Crippen LogP contribution < -0.4 is 10.6 Å². The van der Waals surface area contributed by atoms with Crippen LogP contribution >= 0.6 is 0 Å². The monoisotopic (exact) mass is 226 g/mol. The predicted molar refractivity (Wildman–Crippen MR) is 67.3 cm³/mol. The fourth-order valence-electron chi connectivity index (χ4n) is 2.23. The van der Waals surface area contributed by atoms with Crippen molar-refractivity contribution in [2.75, 3.05) is 19.6 Å². The Kier molecular flexibility index (Phi) is 6.46. The summed E-state index contributed by atoms with van der Waals surface area (Å²) in [4.78, 5) is 11.5. The summed E-state index contributed by atoms with van der Waals surface area (Å²) in [5, 5.41) is 6.14. The molecule has 0 aromatic rings. The Bertz CT molecular complexity index is 198. The van der Waals surface area contributed by atoms with E-state index in [1.165, 1.54) is 25.7 Å². The molecular weight excluding hydrogens is 200 g/mol. The number of rotatable bonds is 6. The zero-order chi connectivity index (χ0) is 11.8. The van der Waals surface area contributed by atoms with Crippen molar-refractivity contribution >= 4 is 5.91 Å². The van der Waals surface area contributed by atoms with Gasteiger partial charge < -0.3 is 10.6 Å². The molecule has 2 N–H and O–H groups in total. The van der Waals surface area contributed by atoms with Gasteiger partial charge >= 0.3 is 0 Å². The molecule has 0 atom stereocenters. The van der Waals surface area contributed by atoms with E-state index in [1.54, 1.807) is 0 Å². The first-order chi connectivity index (χ1) is 7.72. The Morgan fingerprint density at radius 2 is 1.94 bits per heavy atom. The highest BCUT2D eigenvalue weighted by Crippen LogP contribution is 2.27. The Hall–Kier alpha value is -0.570. The molecule has 3 nitrogen and oxygen atoms in total. The number of nitrogens with one attached hydrogen (secondary N) is 2. The number of amides is 1. The van der Waals surface area contributed by atoms with Crippen LogP contribution in [0.4, 0.5) is 0 Å². The molecule has 1 aliphatic carbocycles. The lowest BCUT2D eigenvalue weighted by atomic mass is 9.83. The van der Waals surface area contributed by atoms with E-state index in [1.807, 2.05) is 0 Å². The zero-order valence-electron chi connectivity index (χ0n) is 10.7. The SMILES string of the molecule is CCCNCC(=O)NCC1CCC(C)CC1. The van der Waals surface area contributed by atoms with Crippen LogP contribution in [-0.2, 0) is 4.79 Å². The van der Waals surface area contributed by atoms with Crippen molar-refractivity contribution in [3.63, 3.8) is 0 Å². The highest BCUT2D eigenvalue weighted by Gasteiger charge is 2.18. The molecule has 94 valence electrons. The lowest BCUT2D eigenvalue weighted by Gasteiger charge is -2.26. The average molecular weight is 226 g/mol. The lowest BCUT2D eigenvalue weighted by molar-refractivity contribution is -0.120. The predicted octanol–water partition coefficient (Wildman–Crippen LogP) is 1.93. The maximum absolute atomic E-state index is 11.5. The summed E-state index contributed by atoms with van der Waals surface area (Å²) in [5.74, 6) is 1.75. The molecule has 0 bridgehead atoms. The van der Waals surface area contributed by atoms with Gasteiger partial charge in [0.2, 0.25) is 5.91 Å². The number of carbonyl (C=O) groups excluding carboxylic acids is 1. The van der Waals surface area contributed by atoms with E-state index in [0.717, 1.165) is 25.4 Å². The molecule has 0 aromatic heterocycles. The van der Waals surface area contributed by atoms with E-state index in [9.17, 15) is 4.79 Å². The first kappa shape index (κ1) is 13.5. The van der Waals surface area contributed by atoms with Gasteiger partial charge in [0.25, 0.3) is 0 Å². The van der Waals surface area contributed by atoms with Crippen LogP contribution in [0.1, 0.15) is 46.0 Å². The first-order valence-electron chi connectivity index (χ1n) is 6.69. The fraction of sp³-hybridized carbons (Fsp3) is 0.923. The van der Waals surface area contributed by atoms with Crippen LogP contribution in [0.15, 0.2) is 0 Å². The summed E-state index contributed by atoms with van der Waals surface area (Å²) in [6, 6.07) is 0. The summed E-state index contributed by atoms with van der Waals surface area (Å²) in [7, 11) is 0. The van der Waals surface area contributed by atoms with Crippen molar-refractivity contribution in [1.82, 2.24) is 10.6 Å². The molecule has 1 fully saturated rings. The van der Waals surface area contributed by atoms with Gasteiger partial charge in [0, 0.05) is 6.54 Å². The average Bonchev–Trinajstić information content (AvgIpc) is 2.29. The van der Waals surface area contributed by atoms with Gasteiger partial charge in [0.1, 0.15) is 0 Å². The second-order valence-electron chi connectivity index (χ2n) is 5.11. The second-order valence-corrected chi connectivity index (χ2v) is 5.11. The molecule has 0 aromatic carbocycles. The number of carbonyl (C=O) groups is 1. The molecule has 16 heavy (non-hydrogen) atoms. The maximum Gasteiger partial charge on any atom is 0.233 e. The maximum atomic E-state index is 11.5. The van der Waals surface area contributed by atoms with E-state index in [2.05, 4.69) is 24.5 Å². The van der Waals surface area contributed by atoms with Crippen LogP contribution in [-0.4, -0.2) is 25.5 Å². The van der Waals surface area contributed by atoms with Gasteiger partial charge in [0.15, 0.2) is 0 Å². The molecular formula is C13H26N2O. The Morgan fingerprint density at radius 3 is 2.56 bits per heavy atom. The van der Waals surface area contributed by atoms with Crippen LogP contribution in [0.3, 0.4) is 0 Å². The van der Waals surface area contributed by atoms with Crippen molar-refractivity contribution < 1.29 is 4.79 Å². The Balaban J connectivity index is 2.03. The third-order valence-corrected chi connectivity index (χ3v) is 3.44. The molecule has 1 amide bonds. The summed E-state index contributed by atoms with van der Waals surface area (Å²) in [5.41, 5.74) is 0. The van der Waals surface area contributed by atoms with Crippen LogP contribution in [0.2, 0.25) is 0 Å². The van der Waals surface area contributed by atoms with Crippen LogP contribution in [0.5, 0.6) is 0 Å².